The molecule has 0 amide bonds. The average molecular weight is 316 g/mol. The molecule has 3 aromatic rings. The maximum atomic E-state index is 13.3. The number of aryl methyl sites for hydroxylation is 1. The van der Waals surface area contributed by atoms with E-state index in [-0.39, 0.29) is 5.82 Å². The number of fused-ring (bicyclic) bond motifs is 1. The molecule has 0 bridgehead atoms. The van der Waals surface area contributed by atoms with Gasteiger partial charge in [0.05, 0.1) is 15.9 Å². The highest BCUT2D eigenvalue weighted by molar-refractivity contribution is 7.21. The zero-order chi connectivity index (χ0) is 15.7. The van der Waals surface area contributed by atoms with Gasteiger partial charge in [0.2, 0.25) is 0 Å². The number of hydrogen-bond acceptors (Lipinski definition) is 5. The van der Waals surface area contributed by atoms with Gasteiger partial charge in [-0.25, -0.2) is 14.9 Å². The van der Waals surface area contributed by atoms with Crippen LogP contribution in [-0.2, 0) is 9.63 Å². The van der Waals surface area contributed by atoms with Crippen LogP contribution >= 0.6 is 11.3 Å². The monoisotopic (exact) mass is 316 g/mol. The molecule has 2 aromatic carbocycles. The minimum atomic E-state index is -0.407. The number of halogens is 1. The number of carbonyl (C=O) groups excluding carboxylic acids is 1. The van der Waals surface area contributed by atoms with Crippen LogP contribution in [0.25, 0.3) is 20.8 Å². The van der Waals surface area contributed by atoms with E-state index in [2.05, 4.69) is 10.5 Å². The molecule has 1 heterocycles. The highest BCUT2D eigenvalue weighted by Gasteiger charge is 2.10. The summed E-state index contributed by atoms with van der Waals surface area (Å²) < 4.78 is 14.1. The quantitative estimate of drug-likeness (QED) is 0.732. The Hall–Kier alpha value is -2.47. The van der Waals surface area contributed by atoms with Crippen LogP contribution in [0.5, 0.6) is 0 Å². The second kappa shape index (κ2) is 5.73. The van der Waals surface area contributed by atoms with Crippen molar-refractivity contribution in [2.75, 3.05) is 5.48 Å². The summed E-state index contributed by atoms with van der Waals surface area (Å²) in [5.74, 6) is -0.671. The lowest BCUT2D eigenvalue weighted by Crippen LogP contribution is -2.06. The predicted molar refractivity (Wildman–Crippen MR) is 85.1 cm³/mol. The number of thiazole rings is 1. The Morgan fingerprint density at radius 3 is 2.82 bits per heavy atom. The van der Waals surface area contributed by atoms with Crippen molar-refractivity contribution in [3.63, 3.8) is 0 Å². The number of benzene rings is 2. The number of nitrogens with one attached hydrogen (secondary N) is 1. The molecule has 1 N–H and O–H groups in total. The second-order valence-electron chi connectivity index (χ2n) is 4.86. The Morgan fingerprint density at radius 2 is 2.09 bits per heavy atom. The first-order valence-electron chi connectivity index (χ1n) is 6.63. The van der Waals surface area contributed by atoms with Gasteiger partial charge in [-0.1, -0.05) is 0 Å². The molecule has 3 rings (SSSR count). The lowest BCUT2D eigenvalue weighted by molar-refractivity contribution is -0.138. The molecule has 0 atom stereocenters. The van der Waals surface area contributed by atoms with Crippen LogP contribution in [0.15, 0.2) is 36.4 Å². The van der Waals surface area contributed by atoms with Crippen LogP contribution in [0.2, 0.25) is 0 Å². The summed E-state index contributed by atoms with van der Waals surface area (Å²) in [5.41, 5.74) is 6.00. The van der Waals surface area contributed by atoms with Crippen LogP contribution < -0.4 is 5.48 Å². The van der Waals surface area contributed by atoms with E-state index in [0.29, 0.717) is 5.69 Å². The maximum absolute atomic E-state index is 13.3. The number of aromatic nitrogens is 1. The van der Waals surface area contributed by atoms with E-state index in [1.807, 2.05) is 19.1 Å². The summed E-state index contributed by atoms with van der Waals surface area (Å²) in [7, 11) is 0. The van der Waals surface area contributed by atoms with E-state index >= 15 is 0 Å². The minimum Gasteiger partial charge on any atom is -0.344 e. The summed E-state index contributed by atoms with van der Waals surface area (Å²) in [4.78, 5) is 20.1. The molecular weight excluding hydrogens is 303 g/mol. The molecule has 0 aliphatic heterocycles. The normalized spacial score (nSPS) is 10.7. The molecule has 112 valence electrons. The lowest BCUT2D eigenvalue weighted by Gasteiger charge is -2.08. The fraction of sp³-hybridized carbons (Fsp3) is 0.125. The number of anilines is 1. The molecule has 0 saturated carbocycles. The average Bonchev–Trinajstić information content (AvgIpc) is 2.87. The molecule has 0 spiro atoms. The Kier molecular flexibility index (Phi) is 3.77. The molecule has 4 nitrogen and oxygen atoms in total. The summed E-state index contributed by atoms with van der Waals surface area (Å²) in [6, 6.07) is 10.1. The first-order chi connectivity index (χ1) is 10.5. The van der Waals surface area contributed by atoms with Crippen molar-refractivity contribution in [2.45, 2.75) is 13.8 Å². The molecule has 22 heavy (non-hydrogen) atoms. The molecule has 6 heteroatoms. The van der Waals surface area contributed by atoms with Crippen molar-refractivity contribution in [2.24, 2.45) is 0 Å². The smallest absolute Gasteiger partial charge is 0.329 e. The fourth-order valence-corrected chi connectivity index (χ4v) is 3.19. The molecule has 0 saturated heterocycles. The molecular formula is C16H13FN2O2S. The van der Waals surface area contributed by atoms with Gasteiger partial charge in [-0.2, -0.15) is 0 Å². The van der Waals surface area contributed by atoms with Crippen LogP contribution in [-0.4, -0.2) is 11.0 Å². The molecule has 0 aliphatic rings. The predicted octanol–water partition coefficient (Wildman–Crippen LogP) is 4.30. The van der Waals surface area contributed by atoms with E-state index in [0.717, 1.165) is 26.4 Å². The molecule has 0 unspecified atom stereocenters. The Bertz CT molecular complexity index is 860. The number of hydrogen-bond donors (Lipinski definition) is 1. The third kappa shape index (κ3) is 2.92. The number of carbonyl (C=O) groups is 1. The summed E-state index contributed by atoms with van der Waals surface area (Å²) in [6.07, 6.45) is 0. The Morgan fingerprint density at radius 1 is 1.27 bits per heavy atom. The third-order valence-corrected chi connectivity index (χ3v) is 4.17. The lowest BCUT2D eigenvalue weighted by atomic mass is 10.1. The van der Waals surface area contributed by atoms with Gasteiger partial charge in [0, 0.05) is 12.5 Å². The van der Waals surface area contributed by atoms with Crippen molar-refractivity contribution < 1.29 is 14.0 Å². The van der Waals surface area contributed by atoms with Crippen molar-refractivity contribution in [3.8, 4) is 10.6 Å². The van der Waals surface area contributed by atoms with Gasteiger partial charge in [-0.05, 0) is 48.9 Å². The zero-order valence-electron chi connectivity index (χ0n) is 12.0. The van der Waals surface area contributed by atoms with Gasteiger partial charge in [-0.3, -0.25) is 4.79 Å². The number of rotatable bonds is 3. The van der Waals surface area contributed by atoms with Crippen molar-refractivity contribution >= 4 is 33.2 Å². The van der Waals surface area contributed by atoms with Gasteiger partial charge in [0.25, 0.3) is 0 Å². The molecule has 0 radical (unpaired) electrons. The minimum absolute atomic E-state index is 0.264. The van der Waals surface area contributed by atoms with Gasteiger partial charge >= 0.3 is 5.97 Å². The van der Waals surface area contributed by atoms with Crippen LogP contribution in [0.3, 0.4) is 0 Å². The van der Waals surface area contributed by atoms with E-state index < -0.39 is 5.97 Å². The highest BCUT2D eigenvalue weighted by Crippen LogP contribution is 2.33. The van der Waals surface area contributed by atoms with Crippen molar-refractivity contribution in [3.05, 3.63) is 47.8 Å². The standard InChI is InChI=1S/C16H13FN2O2S/c1-9-7-12(19-21-10(2)20)4-5-13(9)16-18-14-6-3-11(17)8-15(14)22-16/h3-8,19H,1-2H3. The molecule has 1 aromatic heterocycles. The van der Waals surface area contributed by atoms with Crippen LogP contribution in [0.4, 0.5) is 10.1 Å². The molecule has 0 aliphatic carbocycles. The van der Waals surface area contributed by atoms with Gasteiger partial charge < -0.3 is 4.84 Å². The topological polar surface area (TPSA) is 51.2 Å². The second-order valence-corrected chi connectivity index (χ2v) is 5.89. The SMILES string of the molecule is CC(=O)ONc1ccc(-c2nc3ccc(F)cc3s2)c(C)c1. The van der Waals surface area contributed by atoms with Crippen molar-refractivity contribution in [1.29, 1.82) is 0 Å². The van der Waals surface area contributed by atoms with E-state index in [1.165, 1.54) is 30.4 Å². The van der Waals surface area contributed by atoms with Crippen LogP contribution in [0.1, 0.15) is 12.5 Å². The Balaban J connectivity index is 1.94. The van der Waals surface area contributed by atoms with Gasteiger partial charge in [0.1, 0.15) is 10.8 Å². The van der Waals surface area contributed by atoms with Crippen LogP contribution in [0, 0.1) is 12.7 Å². The first kappa shape index (κ1) is 14.5. The summed E-state index contributed by atoms with van der Waals surface area (Å²) in [6.45, 7) is 3.27. The van der Waals surface area contributed by atoms with Crippen molar-refractivity contribution in [1.82, 2.24) is 4.98 Å². The Labute approximate surface area is 130 Å². The summed E-state index contributed by atoms with van der Waals surface area (Å²) in [5, 5.41) is 0.831. The van der Waals surface area contributed by atoms with E-state index in [1.54, 1.807) is 12.1 Å². The maximum Gasteiger partial charge on any atom is 0.329 e. The first-order valence-corrected chi connectivity index (χ1v) is 7.45. The molecule has 0 fully saturated rings. The highest BCUT2D eigenvalue weighted by atomic mass is 32.1. The van der Waals surface area contributed by atoms with Gasteiger partial charge in [-0.15, -0.1) is 11.3 Å². The fourth-order valence-electron chi connectivity index (χ4n) is 2.11. The largest absolute Gasteiger partial charge is 0.344 e. The third-order valence-electron chi connectivity index (χ3n) is 3.12. The van der Waals surface area contributed by atoms with E-state index in [9.17, 15) is 9.18 Å². The zero-order valence-corrected chi connectivity index (χ0v) is 12.8. The number of nitrogens with zero attached hydrogens (tertiary/aromatic N) is 1. The van der Waals surface area contributed by atoms with E-state index in [4.69, 9.17) is 4.84 Å². The van der Waals surface area contributed by atoms with Gasteiger partial charge in [0.15, 0.2) is 0 Å². The summed E-state index contributed by atoms with van der Waals surface area (Å²) >= 11 is 1.45.